The lowest BCUT2D eigenvalue weighted by molar-refractivity contribution is 0.771. The molecule has 0 spiro atoms. The Balaban J connectivity index is 2.52. The second-order valence-corrected chi connectivity index (χ2v) is 5.09. The number of nitrogens with zero attached hydrogens (tertiary/aromatic N) is 3. The highest BCUT2D eigenvalue weighted by atomic mass is 79.9. The fraction of sp³-hybridized carbons (Fsp3) is 0.308. The largest absolute Gasteiger partial charge is 0.262 e. The lowest BCUT2D eigenvalue weighted by Gasteiger charge is -2.08. The average molecular weight is 292 g/mol. The maximum Gasteiger partial charge on any atom is 0.132 e. The van der Waals surface area contributed by atoms with E-state index in [-0.39, 0.29) is 0 Å². The van der Waals surface area contributed by atoms with Crippen molar-refractivity contribution in [2.75, 3.05) is 0 Å². The van der Waals surface area contributed by atoms with Gasteiger partial charge in [0, 0.05) is 23.4 Å². The smallest absolute Gasteiger partial charge is 0.132 e. The highest BCUT2D eigenvalue weighted by molar-refractivity contribution is 9.10. The Morgan fingerprint density at radius 2 is 1.94 bits per heavy atom. The first-order valence-corrected chi connectivity index (χ1v) is 6.33. The predicted molar refractivity (Wildman–Crippen MR) is 71.8 cm³/mol. The SMILES string of the molecule is Cc1cc(-c2cc(Br)nc(C(C)C)n2)ccn1. The zero-order valence-corrected chi connectivity index (χ0v) is 11.7. The maximum atomic E-state index is 4.58. The van der Waals surface area contributed by atoms with E-state index in [0.717, 1.165) is 27.4 Å². The van der Waals surface area contributed by atoms with E-state index >= 15 is 0 Å². The summed E-state index contributed by atoms with van der Waals surface area (Å²) in [6.07, 6.45) is 1.80. The summed E-state index contributed by atoms with van der Waals surface area (Å²) in [6, 6.07) is 5.92. The molecule has 0 aliphatic carbocycles. The first-order valence-electron chi connectivity index (χ1n) is 5.54. The van der Waals surface area contributed by atoms with Gasteiger partial charge in [0.15, 0.2) is 0 Å². The topological polar surface area (TPSA) is 38.7 Å². The van der Waals surface area contributed by atoms with E-state index in [2.05, 4.69) is 44.7 Å². The van der Waals surface area contributed by atoms with Crippen LogP contribution >= 0.6 is 15.9 Å². The van der Waals surface area contributed by atoms with Gasteiger partial charge in [-0.15, -0.1) is 0 Å². The third-order valence-corrected chi connectivity index (χ3v) is 2.83. The summed E-state index contributed by atoms with van der Waals surface area (Å²) in [4.78, 5) is 13.1. The summed E-state index contributed by atoms with van der Waals surface area (Å²) in [7, 11) is 0. The molecule has 2 heterocycles. The number of pyridine rings is 1. The molecule has 2 aromatic heterocycles. The van der Waals surface area contributed by atoms with Crippen molar-refractivity contribution in [3.63, 3.8) is 0 Å². The molecular weight excluding hydrogens is 278 g/mol. The van der Waals surface area contributed by atoms with Gasteiger partial charge in [0.1, 0.15) is 10.4 Å². The summed E-state index contributed by atoms with van der Waals surface area (Å²) >= 11 is 3.43. The van der Waals surface area contributed by atoms with E-state index in [4.69, 9.17) is 0 Å². The predicted octanol–water partition coefficient (Wildman–Crippen LogP) is 3.73. The van der Waals surface area contributed by atoms with Crippen LogP contribution in [0.3, 0.4) is 0 Å². The first kappa shape index (κ1) is 12.2. The Bertz CT molecular complexity index is 538. The van der Waals surface area contributed by atoms with Gasteiger partial charge >= 0.3 is 0 Å². The Hall–Kier alpha value is -1.29. The van der Waals surface area contributed by atoms with Gasteiger partial charge in [-0.25, -0.2) is 9.97 Å². The van der Waals surface area contributed by atoms with Crippen LogP contribution in [0.2, 0.25) is 0 Å². The van der Waals surface area contributed by atoms with Gasteiger partial charge in [-0.1, -0.05) is 13.8 Å². The van der Waals surface area contributed by atoms with E-state index in [1.165, 1.54) is 0 Å². The molecule has 0 saturated carbocycles. The zero-order valence-electron chi connectivity index (χ0n) is 10.1. The third-order valence-electron chi connectivity index (χ3n) is 2.42. The van der Waals surface area contributed by atoms with Gasteiger partial charge in [0.2, 0.25) is 0 Å². The van der Waals surface area contributed by atoms with Crippen molar-refractivity contribution in [3.05, 3.63) is 40.5 Å². The molecule has 0 atom stereocenters. The number of hydrogen-bond donors (Lipinski definition) is 0. The molecule has 0 unspecified atom stereocenters. The van der Waals surface area contributed by atoms with E-state index in [9.17, 15) is 0 Å². The maximum absolute atomic E-state index is 4.58. The lowest BCUT2D eigenvalue weighted by Crippen LogP contribution is -1.99. The molecule has 0 radical (unpaired) electrons. The monoisotopic (exact) mass is 291 g/mol. The van der Waals surface area contributed by atoms with Crippen molar-refractivity contribution >= 4 is 15.9 Å². The molecule has 0 saturated heterocycles. The Morgan fingerprint density at radius 3 is 2.59 bits per heavy atom. The van der Waals surface area contributed by atoms with Crippen molar-refractivity contribution < 1.29 is 0 Å². The van der Waals surface area contributed by atoms with Gasteiger partial charge in [0.05, 0.1) is 5.69 Å². The Labute approximate surface area is 109 Å². The van der Waals surface area contributed by atoms with Crippen LogP contribution in [0.5, 0.6) is 0 Å². The van der Waals surface area contributed by atoms with Crippen molar-refractivity contribution in [2.45, 2.75) is 26.7 Å². The molecule has 88 valence electrons. The Kier molecular flexibility index (Phi) is 3.52. The number of rotatable bonds is 2. The van der Waals surface area contributed by atoms with Gasteiger partial charge in [-0.05, 0) is 41.1 Å². The van der Waals surface area contributed by atoms with Crippen LogP contribution in [-0.4, -0.2) is 15.0 Å². The molecule has 0 aromatic carbocycles. The molecule has 3 nitrogen and oxygen atoms in total. The quantitative estimate of drug-likeness (QED) is 0.792. The van der Waals surface area contributed by atoms with E-state index in [1.807, 2.05) is 25.1 Å². The van der Waals surface area contributed by atoms with E-state index in [0.29, 0.717) is 5.92 Å². The highest BCUT2D eigenvalue weighted by Crippen LogP contribution is 2.22. The summed E-state index contributed by atoms with van der Waals surface area (Å²) in [5.74, 6) is 1.16. The van der Waals surface area contributed by atoms with Crippen LogP contribution in [0.1, 0.15) is 31.3 Å². The fourth-order valence-corrected chi connectivity index (χ4v) is 1.94. The standard InChI is InChI=1S/C13H14BrN3/c1-8(2)13-16-11(7-12(14)17-13)10-4-5-15-9(3)6-10/h4-8H,1-3H3. The van der Waals surface area contributed by atoms with Gasteiger partial charge in [0.25, 0.3) is 0 Å². The highest BCUT2D eigenvalue weighted by Gasteiger charge is 2.08. The van der Waals surface area contributed by atoms with Crippen molar-refractivity contribution in [1.82, 2.24) is 15.0 Å². The summed E-state index contributed by atoms with van der Waals surface area (Å²) in [5, 5.41) is 0. The molecule has 0 aliphatic rings. The molecule has 17 heavy (non-hydrogen) atoms. The second kappa shape index (κ2) is 4.92. The molecule has 0 bridgehead atoms. The summed E-state index contributed by atoms with van der Waals surface area (Å²) < 4.78 is 0.820. The molecule has 2 aromatic rings. The van der Waals surface area contributed by atoms with Gasteiger partial charge in [-0.2, -0.15) is 0 Å². The molecule has 0 fully saturated rings. The van der Waals surface area contributed by atoms with E-state index in [1.54, 1.807) is 6.20 Å². The molecule has 4 heteroatoms. The van der Waals surface area contributed by atoms with Gasteiger partial charge in [-0.3, -0.25) is 4.98 Å². The van der Waals surface area contributed by atoms with Crippen LogP contribution in [-0.2, 0) is 0 Å². The Morgan fingerprint density at radius 1 is 1.18 bits per heavy atom. The first-order chi connectivity index (χ1) is 8.06. The molecular formula is C13H14BrN3. The van der Waals surface area contributed by atoms with Crippen molar-refractivity contribution in [3.8, 4) is 11.3 Å². The minimum absolute atomic E-state index is 0.314. The van der Waals surface area contributed by atoms with Crippen LogP contribution in [0.4, 0.5) is 0 Å². The minimum Gasteiger partial charge on any atom is -0.262 e. The van der Waals surface area contributed by atoms with Crippen molar-refractivity contribution in [2.24, 2.45) is 0 Å². The fourth-order valence-electron chi connectivity index (χ4n) is 1.55. The molecule has 2 rings (SSSR count). The summed E-state index contributed by atoms with van der Waals surface area (Å²) in [6.45, 7) is 6.15. The van der Waals surface area contributed by atoms with Crippen LogP contribution in [0.15, 0.2) is 29.0 Å². The number of aryl methyl sites for hydroxylation is 1. The van der Waals surface area contributed by atoms with Crippen LogP contribution < -0.4 is 0 Å². The zero-order chi connectivity index (χ0) is 12.4. The lowest BCUT2D eigenvalue weighted by atomic mass is 10.1. The molecule has 0 aliphatic heterocycles. The molecule has 0 amide bonds. The van der Waals surface area contributed by atoms with Gasteiger partial charge < -0.3 is 0 Å². The second-order valence-electron chi connectivity index (χ2n) is 4.27. The van der Waals surface area contributed by atoms with Crippen LogP contribution in [0.25, 0.3) is 11.3 Å². The van der Waals surface area contributed by atoms with Crippen molar-refractivity contribution in [1.29, 1.82) is 0 Å². The van der Waals surface area contributed by atoms with Crippen LogP contribution in [0, 0.1) is 6.92 Å². The minimum atomic E-state index is 0.314. The third kappa shape index (κ3) is 2.88. The number of hydrogen-bond acceptors (Lipinski definition) is 3. The number of aromatic nitrogens is 3. The number of halogens is 1. The summed E-state index contributed by atoms with van der Waals surface area (Å²) in [5.41, 5.74) is 2.99. The molecule has 0 N–H and O–H groups in total. The average Bonchev–Trinajstić information content (AvgIpc) is 2.28. The normalized spacial score (nSPS) is 10.9. The van der Waals surface area contributed by atoms with E-state index < -0.39 is 0 Å².